The van der Waals surface area contributed by atoms with Crippen LogP contribution in [0.1, 0.15) is 30.8 Å². The van der Waals surface area contributed by atoms with Gasteiger partial charge in [-0.25, -0.2) is 0 Å². The average Bonchev–Trinajstić information content (AvgIpc) is 2.32. The predicted molar refractivity (Wildman–Crippen MR) is 68.2 cm³/mol. The van der Waals surface area contributed by atoms with Crippen LogP contribution in [0, 0.1) is 6.92 Å². The molecular formula is C13H14O4S. The van der Waals surface area contributed by atoms with E-state index in [1.165, 1.54) is 6.07 Å². The fraction of sp³-hybridized carbons (Fsp3) is 0.538. The van der Waals surface area contributed by atoms with Gasteiger partial charge < -0.3 is 9.15 Å². The molecule has 2 aliphatic rings. The van der Waals surface area contributed by atoms with E-state index in [-0.39, 0.29) is 22.6 Å². The Hall–Kier alpha value is -1.23. The van der Waals surface area contributed by atoms with Crippen molar-refractivity contribution < 1.29 is 13.9 Å². The highest BCUT2D eigenvalue weighted by Gasteiger charge is 2.46. The molecule has 0 aromatic carbocycles. The molecule has 96 valence electrons. The van der Waals surface area contributed by atoms with Crippen molar-refractivity contribution in [3.63, 3.8) is 0 Å². The Kier molecular flexibility index (Phi) is 2.73. The minimum atomic E-state index is -0.318. The standard InChI is InChI=1S/C13H14O4S/c1-8-6-9(14)11-12(16-8)13(7-10(15)17-11)2-4-18-5-3-13/h6H,2-5,7H2,1H3. The number of carbonyl (C=O) groups is 1. The second kappa shape index (κ2) is 4.16. The number of hydrogen-bond acceptors (Lipinski definition) is 5. The number of aryl methyl sites for hydroxylation is 1. The molecule has 1 aromatic heterocycles. The third-order valence-corrected chi connectivity index (χ3v) is 4.64. The van der Waals surface area contributed by atoms with Gasteiger partial charge in [-0.05, 0) is 31.3 Å². The molecule has 0 saturated carbocycles. The molecule has 3 rings (SSSR count). The smallest absolute Gasteiger partial charge is 0.312 e. The molecule has 1 spiro atoms. The van der Waals surface area contributed by atoms with Crippen LogP contribution < -0.4 is 10.2 Å². The van der Waals surface area contributed by atoms with E-state index < -0.39 is 0 Å². The van der Waals surface area contributed by atoms with Crippen molar-refractivity contribution in [1.29, 1.82) is 0 Å². The number of fused-ring (bicyclic) bond motifs is 2. The van der Waals surface area contributed by atoms with Crippen LogP contribution in [-0.4, -0.2) is 17.5 Å². The molecular weight excluding hydrogens is 252 g/mol. The van der Waals surface area contributed by atoms with Gasteiger partial charge in [0.15, 0.2) is 5.76 Å². The normalized spacial score (nSPS) is 21.5. The molecule has 4 nitrogen and oxygen atoms in total. The lowest BCUT2D eigenvalue weighted by Gasteiger charge is -2.38. The van der Waals surface area contributed by atoms with Gasteiger partial charge in [-0.2, -0.15) is 11.8 Å². The molecule has 3 heterocycles. The highest BCUT2D eigenvalue weighted by molar-refractivity contribution is 7.99. The summed E-state index contributed by atoms with van der Waals surface area (Å²) in [5.41, 5.74) is -0.569. The van der Waals surface area contributed by atoms with Gasteiger partial charge in [-0.1, -0.05) is 0 Å². The molecule has 0 amide bonds. The van der Waals surface area contributed by atoms with Crippen LogP contribution in [-0.2, 0) is 10.2 Å². The monoisotopic (exact) mass is 266 g/mol. The molecule has 1 fully saturated rings. The van der Waals surface area contributed by atoms with Gasteiger partial charge in [0.05, 0.1) is 6.42 Å². The lowest BCUT2D eigenvalue weighted by atomic mass is 9.75. The quantitative estimate of drug-likeness (QED) is 0.672. The second-order valence-electron chi connectivity index (χ2n) is 4.92. The largest absolute Gasteiger partial charge is 0.462 e. The van der Waals surface area contributed by atoms with Crippen LogP contribution in [0.3, 0.4) is 0 Å². The minimum absolute atomic E-state index is 0.115. The summed E-state index contributed by atoms with van der Waals surface area (Å²) in [5, 5.41) is 0. The zero-order valence-corrected chi connectivity index (χ0v) is 11.0. The first-order valence-electron chi connectivity index (χ1n) is 6.04. The summed E-state index contributed by atoms with van der Waals surface area (Å²) in [7, 11) is 0. The van der Waals surface area contributed by atoms with E-state index in [0.717, 1.165) is 24.3 Å². The minimum Gasteiger partial charge on any atom is -0.462 e. The number of carbonyl (C=O) groups excluding carboxylic acids is 1. The van der Waals surface area contributed by atoms with E-state index in [2.05, 4.69) is 0 Å². The van der Waals surface area contributed by atoms with Crippen LogP contribution in [0.15, 0.2) is 15.3 Å². The van der Waals surface area contributed by atoms with E-state index in [4.69, 9.17) is 9.15 Å². The second-order valence-corrected chi connectivity index (χ2v) is 6.15. The first-order valence-corrected chi connectivity index (χ1v) is 7.20. The van der Waals surface area contributed by atoms with Crippen LogP contribution in [0.4, 0.5) is 0 Å². The van der Waals surface area contributed by atoms with Crippen LogP contribution in [0.2, 0.25) is 0 Å². The molecule has 2 aliphatic heterocycles. The van der Waals surface area contributed by atoms with Crippen molar-refractivity contribution in [2.24, 2.45) is 0 Å². The number of esters is 1. The SMILES string of the molecule is Cc1cc(=O)c2c(o1)C1(CCSCC1)CC(=O)O2. The molecule has 0 bridgehead atoms. The summed E-state index contributed by atoms with van der Waals surface area (Å²) in [5.74, 6) is 2.95. The highest BCUT2D eigenvalue weighted by Crippen LogP contribution is 2.46. The first-order chi connectivity index (χ1) is 8.61. The first kappa shape index (κ1) is 11.8. The topological polar surface area (TPSA) is 56.5 Å². The summed E-state index contributed by atoms with van der Waals surface area (Å²) in [4.78, 5) is 23.6. The Bertz CT molecular complexity index is 555. The van der Waals surface area contributed by atoms with E-state index in [9.17, 15) is 9.59 Å². The Labute approximate surface area is 109 Å². The van der Waals surface area contributed by atoms with Crippen molar-refractivity contribution in [3.05, 3.63) is 27.8 Å². The fourth-order valence-electron chi connectivity index (χ4n) is 2.72. The predicted octanol–water partition coefficient (Wildman–Crippen LogP) is 2.02. The third-order valence-electron chi connectivity index (χ3n) is 3.66. The number of thioether (sulfide) groups is 1. The third kappa shape index (κ3) is 1.77. The molecule has 1 aromatic rings. The Morgan fingerprint density at radius 3 is 2.72 bits per heavy atom. The molecule has 0 unspecified atom stereocenters. The van der Waals surface area contributed by atoms with Gasteiger partial charge in [-0.15, -0.1) is 0 Å². The number of rotatable bonds is 0. The van der Waals surface area contributed by atoms with E-state index in [1.54, 1.807) is 6.92 Å². The van der Waals surface area contributed by atoms with Crippen LogP contribution >= 0.6 is 11.8 Å². The summed E-state index contributed by atoms with van der Waals surface area (Å²) in [6.07, 6.45) is 2.06. The van der Waals surface area contributed by atoms with Gasteiger partial charge in [0, 0.05) is 11.5 Å². The van der Waals surface area contributed by atoms with E-state index in [1.807, 2.05) is 11.8 Å². The lowest BCUT2D eigenvalue weighted by Crippen LogP contribution is -2.40. The number of ether oxygens (including phenoxy) is 1. The molecule has 0 aliphatic carbocycles. The van der Waals surface area contributed by atoms with Gasteiger partial charge in [0.1, 0.15) is 5.76 Å². The number of hydrogen-bond donors (Lipinski definition) is 0. The Balaban J connectivity index is 2.20. The summed E-state index contributed by atoms with van der Waals surface area (Å²) >= 11 is 1.87. The molecule has 0 radical (unpaired) electrons. The van der Waals surface area contributed by atoms with Gasteiger partial charge in [0.2, 0.25) is 11.2 Å². The van der Waals surface area contributed by atoms with Crippen molar-refractivity contribution in [2.75, 3.05) is 11.5 Å². The summed E-state index contributed by atoms with van der Waals surface area (Å²) < 4.78 is 10.8. The molecule has 1 saturated heterocycles. The molecule has 5 heteroatoms. The fourth-order valence-corrected chi connectivity index (χ4v) is 3.99. The van der Waals surface area contributed by atoms with Crippen molar-refractivity contribution in [3.8, 4) is 5.75 Å². The molecule has 0 N–H and O–H groups in total. The maximum Gasteiger partial charge on any atom is 0.312 e. The van der Waals surface area contributed by atoms with Crippen molar-refractivity contribution in [1.82, 2.24) is 0 Å². The zero-order valence-electron chi connectivity index (χ0n) is 10.2. The van der Waals surface area contributed by atoms with Crippen molar-refractivity contribution >= 4 is 17.7 Å². The van der Waals surface area contributed by atoms with Gasteiger partial charge in [0.25, 0.3) is 0 Å². The Morgan fingerprint density at radius 2 is 2.00 bits per heavy atom. The molecule has 18 heavy (non-hydrogen) atoms. The van der Waals surface area contributed by atoms with E-state index in [0.29, 0.717) is 17.9 Å². The maximum absolute atomic E-state index is 11.9. The summed E-state index contributed by atoms with van der Waals surface area (Å²) in [6.45, 7) is 1.75. The molecule has 0 atom stereocenters. The summed E-state index contributed by atoms with van der Waals surface area (Å²) in [6, 6.07) is 1.38. The average molecular weight is 266 g/mol. The Morgan fingerprint density at radius 1 is 1.28 bits per heavy atom. The maximum atomic E-state index is 11.9. The van der Waals surface area contributed by atoms with Crippen molar-refractivity contribution in [2.45, 2.75) is 31.6 Å². The van der Waals surface area contributed by atoms with Gasteiger partial charge >= 0.3 is 5.97 Å². The zero-order chi connectivity index (χ0) is 12.8. The van der Waals surface area contributed by atoms with E-state index >= 15 is 0 Å². The van der Waals surface area contributed by atoms with Crippen LogP contribution in [0.5, 0.6) is 5.75 Å². The lowest BCUT2D eigenvalue weighted by molar-refractivity contribution is -0.138. The van der Waals surface area contributed by atoms with Crippen LogP contribution in [0.25, 0.3) is 0 Å². The highest BCUT2D eigenvalue weighted by atomic mass is 32.2. The van der Waals surface area contributed by atoms with Gasteiger partial charge in [-0.3, -0.25) is 9.59 Å².